The fraction of sp³-hybridized carbons (Fsp3) is 0.533. The second kappa shape index (κ2) is 7.87. The fourth-order valence-corrected chi connectivity index (χ4v) is 2.65. The van der Waals surface area contributed by atoms with Gasteiger partial charge >= 0.3 is 0 Å². The summed E-state index contributed by atoms with van der Waals surface area (Å²) in [4.78, 5) is 14.5. The van der Waals surface area contributed by atoms with Crippen molar-refractivity contribution in [1.29, 1.82) is 0 Å². The third-order valence-electron chi connectivity index (χ3n) is 2.97. The average molecular weight is 332 g/mol. The molecule has 4 nitrogen and oxygen atoms in total. The molecule has 1 aromatic carbocycles. The molecule has 0 saturated heterocycles. The van der Waals surface area contributed by atoms with Gasteiger partial charge in [-0.3, -0.25) is 4.79 Å². The van der Waals surface area contributed by atoms with Gasteiger partial charge in [-0.1, -0.05) is 37.0 Å². The van der Waals surface area contributed by atoms with Gasteiger partial charge in [-0.15, -0.1) is 0 Å². The molecule has 0 saturated carbocycles. The van der Waals surface area contributed by atoms with Crippen molar-refractivity contribution in [2.45, 2.75) is 26.3 Å². The van der Waals surface area contributed by atoms with E-state index in [2.05, 4.69) is 19.2 Å². The monoisotopic (exact) mass is 331 g/mol. The van der Waals surface area contributed by atoms with Gasteiger partial charge in [0.25, 0.3) is 5.91 Å². The number of nitrogen functional groups attached to an aromatic ring is 1. The number of likely N-dealkylation sites (N-methyl/N-ethyl adjacent to an activating group) is 1. The van der Waals surface area contributed by atoms with E-state index in [4.69, 9.17) is 28.9 Å². The van der Waals surface area contributed by atoms with Crippen LogP contribution in [0, 0.1) is 5.92 Å². The molecule has 0 aliphatic heterocycles. The first kappa shape index (κ1) is 18.1. The van der Waals surface area contributed by atoms with Crippen LogP contribution in [0.1, 0.15) is 30.6 Å². The summed E-state index contributed by atoms with van der Waals surface area (Å²) in [5.41, 5.74) is 6.46. The van der Waals surface area contributed by atoms with E-state index >= 15 is 0 Å². The number of halogens is 2. The molecular weight excluding hydrogens is 309 g/mol. The lowest BCUT2D eigenvalue weighted by molar-refractivity contribution is 0.0925. The largest absolute Gasteiger partial charge is 0.399 e. The summed E-state index contributed by atoms with van der Waals surface area (Å²) in [5, 5.41) is 3.53. The summed E-state index contributed by atoms with van der Waals surface area (Å²) < 4.78 is 0. The van der Waals surface area contributed by atoms with E-state index in [1.165, 1.54) is 6.07 Å². The lowest BCUT2D eigenvalue weighted by atomic mass is 10.0. The molecule has 1 unspecified atom stereocenters. The Hall–Kier alpha value is -0.970. The second-order valence-corrected chi connectivity index (χ2v) is 6.71. The highest BCUT2D eigenvalue weighted by Gasteiger charge is 2.19. The molecule has 0 fully saturated rings. The maximum absolute atomic E-state index is 12.4. The Morgan fingerprint density at radius 2 is 1.95 bits per heavy atom. The summed E-state index contributed by atoms with van der Waals surface area (Å²) in [6.07, 6.45) is 0.886. The molecule has 1 atom stereocenters. The molecule has 118 valence electrons. The van der Waals surface area contributed by atoms with Crippen LogP contribution in [-0.2, 0) is 0 Å². The Balaban J connectivity index is 2.91. The maximum atomic E-state index is 12.4. The van der Waals surface area contributed by atoms with Crippen LogP contribution in [0.4, 0.5) is 5.69 Å². The van der Waals surface area contributed by atoms with Gasteiger partial charge in [0.2, 0.25) is 0 Å². The number of benzene rings is 1. The lowest BCUT2D eigenvalue weighted by Crippen LogP contribution is -2.42. The number of rotatable bonds is 6. The number of amides is 1. The van der Waals surface area contributed by atoms with Gasteiger partial charge in [0.15, 0.2) is 0 Å². The van der Waals surface area contributed by atoms with E-state index in [9.17, 15) is 4.79 Å². The minimum absolute atomic E-state index is 0.0452. The van der Waals surface area contributed by atoms with E-state index in [1.54, 1.807) is 6.07 Å². The number of anilines is 1. The molecule has 21 heavy (non-hydrogen) atoms. The fourth-order valence-electron chi connectivity index (χ4n) is 2.23. The van der Waals surface area contributed by atoms with Crippen molar-refractivity contribution >= 4 is 34.8 Å². The minimum atomic E-state index is -0.248. The first-order chi connectivity index (χ1) is 9.70. The van der Waals surface area contributed by atoms with E-state index < -0.39 is 0 Å². The van der Waals surface area contributed by atoms with Crippen molar-refractivity contribution in [1.82, 2.24) is 10.2 Å². The average Bonchev–Trinajstić information content (AvgIpc) is 2.31. The molecule has 1 rings (SSSR count). The zero-order valence-electron chi connectivity index (χ0n) is 12.9. The van der Waals surface area contributed by atoms with E-state index in [0.29, 0.717) is 17.2 Å². The summed E-state index contributed by atoms with van der Waals surface area (Å²) in [6.45, 7) is 5.01. The SMILES string of the molecule is CC(C)CC(CN(C)C)NC(=O)c1cc(N)cc(Cl)c1Cl. The highest BCUT2D eigenvalue weighted by atomic mass is 35.5. The van der Waals surface area contributed by atoms with E-state index in [1.807, 2.05) is 19.0 Å². The first-order valence-electron chi connectivity index (χ1n) is 6.90. The number of nitrogens with one attached hydrogen (secondary N) is 1. The van der Waals surface area contributed by atoms with Crippen molar-refractivity contribution in [2.75, 3.05) is 26.4 Å². The molecule has 0 aromatic heterocycles. The number of carbonyl (C=O) groups excluding carboxylic acids is 1. The maximum Gasteiger partial charge on any atom is 0.253 e. The summed E-state index contributed by atoms with van der Waals surface area (Å²) in [6, 6.07) is 3.13. The van der Waals surface area contributed by atoms with Crippen molar-refractivity contribution in [3.8, 4) is 0 Å². The van der Waals surface area contributed by atoms with E-state index in [-0.39, 0.29) is 22.0 Å². The van der Waals surface area contributed by atoms with Crippen molar-refractivity contribution in [3.63, 3.8) is 0 Å². The smallest absolute Gasteiger partial charge is 0.253 e. The molecule has 0 aliphatic carbocycles. The van der Waals surface area contributed by atoms with Gasteiger partial charge in [0.05, 0.1) is 15.6 Å². The van der Waals surface area contributed by atoms with Crippen LogP contribution in [0.25, 0.3) is 0 Å². The van der Waals surface area contributed by atoms with Crippen LogP contribution in [0.5, 0.6) is 0 Å². The van der Waals surface area contributed by atoms with Gasteiger partial charge in [-0.2, -0.15) is 0 Å². The Kier molecular flexibility index (Phi) is 6.78. The molecule has 0 heterocycles. The van der Waals surface area contributed by atoms with E-state index in [0.717, 1.165) is 13.0 Å². The molecule has 0 aliphatic rings. The van der Waals surface area contributed by atoms with Crippen molar-refractivity contribution in [2.24, 2.45) is 5.92 Å². The summed E-state index contributed by atoms with van der Waals surface area (Å²) in [7, 11) is 3.95. The zero-order chi connectivity index (χ0) is 16.2. The minimum Gasteiger partial charge on any atom is -0.399 e. The lowest BCUT2D eigenvalue weighted by Gasteiger charge is -2.24. The Bertz CT molecular complexity index is 494. The molecule has 0 bridgehead atoms. The predicted octanol–water partition coefficient (Wildman–Crippen LogP) is 3.28. The first-order valence-corrected chi connectivity index (χ1v) is 7.66. The number of nitrogens with zero attached hydrogens (tertiary/aromatic N) is 1. The molecule has 0 spiro atoms. The molecule has 6 heteroatoms. The quantitative estimate of drug-likeness (QED) is 0.786. The topological polar surface area (TPSA) is 58.4 Å². The van der Waals surface area contributed by atoms with Gasteiger partial charge in [-0.25, -0.2) is 0 Å². The molecule has 0 radical (unpaired) electrons. The van der Waals surface area contributed by atoms with Crippen LogP contribution >= 0.6 is 23.2 Å². The third-order valence-corrected chi connectivity index (χ3v) is 3.77. The molecule has 3 N–H and O–H groups in total. The predicted molar refractivity (Wildman–Crippen MR) is 90.1 cm³/mol. The normalized spacial score (nSPS) is 12.8. The van der Waals surface area contributed by atoms with Crippen LogP contribution in [0.15, 0.2) is 12.1 Å². The standard InChI is InChI=1S/C15H23Cl2N3O/c1-9(2)5-11(8-20(3)4)19-15(21)12-6-10(18)7-13(16)14(12)17/h6-7,9,11H,5,8,18H2,1-4H3,(H,19,21). The summed E-state index contributed by atoms with van der Waals surface area (Å²) >= 11 is 12.1. The molecule has 1 amide bonds. The molecule has 1 aromatic rings. The number of hydrogen-bond donors (Lipinski definition) is 2. The zero-order valence-corrected chi connectivity index (χ0v) is 14.4. The number of hydrogen-bond acceptors (Lipinski definition) is 3. The van der Waals surface area contributed by atoms with Gasteiger partial charge < -0.3 is 16.0 Å². The summed E-state index contributed by atoms with van der Waals surface area (Å²) in [5.74, 6) is 0.233. The van der Waals surface area contributed by atoms with Crippen molar-refractivity contribution < 1.29 is 4.79 Å². The van der Waals surface area contributed by atoms with Crippen LogP contribution in [0.3, 0.4) is 0 Å². The van der Waals surface area contributed by atoms with Gasteiger partial charge in [0.1, 0.15) is 0 Å². The van der Waals surface area contributed by atoms with Crippen molar-refractivity contribution in [3.05, 3.63) is 27.7 Å². The number of carbonyl (C=O) groups is 1. The van der Waals surface area contributed by atoms with Crippen LogP contribution in [-0.4, -0.2) is 37.5 Å². The van der Waals surface area contributed by atoms with Gasteiger partial charge in [-0.05, 0) is 38.6 Å². The Morgan fingerprint density at radius 3 is 2.48 bits per heavy atom. The van der Waals surface area contributed by atoms with Gasteiger partial charge in [0, 0.05) is 18.3 Å². The Labute approximate surface area is 136 Å². The van der Waals surface area contributed by atoms with Crippen LogP contribution in [0.2, 0.25) is 10.0 Å². The molecular formula is C15H23Cl2N3O. The highest BCUT2D eigenvalue weighted by molar-refractivity contribution is 6.44. The number of nitrogens with two attached hydrogens (primary N) is 1. The second-order valence-electron chi connectivity index (χ2n) is 5.93. The van der Waals surface area contributed by atoms with Crippen LogP contribution < -0.4 is 11.1 Å². The third kappa shape index (κ3) is 5.73. The highest BCUT2D eigenvalue weighted by Crippen LogP contribution is 2.28. The Morgan fingerprint density at radius 1 is 1.33 bits per heavy atom.